The molecule has 2 saturated carbocycles. The topological polar surface area (TPSA) is 151 Å². The minimum Gasteiger partial charge on any atom is -0.508 e. The smallest absolute Gasteiger partial charge is 0.408 e. The summed E-state index contributed by atoms with van der Waals surface area (Å²) in [5, 5.41) is 15.4. The summed E-state index contributed by atoms with van der Waals surface area (Å²) in [5.41, 5.74) is 5.14. The second-order valence-corrected chi connectivity index (χ2v) is 11.2. The van der Waals surface area contributed by atoms with Crippen LogP contribution in [0.1, 0.15) is 84.2 Å². The number of primary amides is 1. The molecule has 2 aliphatic rings. The van der Waals surface area contributed by atoms with Gasteiger partial charge in [-0.15, -0.1) is 0 Å². The first-order chi connectivity index (χ1) is 17.4. The number of nitrogens with zero attached hydrogens (tertiary/aromatic N) is 1. The van der Waals surface area contributed by atoms with Crippen molar-refractivity contribution < 1.29 is 29.0 Å². The van der Waals surface area contributed by atoms with Crippen LogP contribution >= 0.6 is 0 Å². The third-order valence-corrected chi connectivity index (χ3v) is 6.76. The Morgan fingerprint density at radius 2 is 1.70 bits per heavy atom. The number of nitrogens with two attached hydrogens (primary N) is 1. The predicted molar refractivity (Wildman–Crippen MR) is 137 cm³/mol. The molecule has 10 heteroatoms. The third kappa shape index (κ3) is 8.10. The van der Waals surface area contributed by atoms with Crippen LogP contribution in [0, 0.1) is 5.92 Å². The molecule has 204 valence electrons. The van der Waals surface area contributed by atoms with E-state index in [0.29, 0.717) is 12.0 Å². The van der Waals surface area contributed by atoms with Crippen molar-refractivity contribution in [2.45, 2.75) is 102 Å². The van der Waals surface area contributed by atoms with Crippen LogP contribution in [0.2, 0.25) is 0 Å². The molecule has 1 aromatic rings. The van der Waals surface area contributed by atoms with Crippen LogP contribution in [0.15, 0.2) is 24.3 Å². The summed E-state index contributed by atoms with van der Waals surface area (Å²) >= 11 is 0. The van der Waals surface area contributed by atoms with E-state index in [9.17, 15) is 24.3 Å². The summed E-state index contributed by atoms with van der Waals surface area (Å²) in [5.74, 6) is -1.53. The standard InChI is InChI=1S/C27H40N4O6/c1-16-14-21(16)31(25(35)20(15-22(28)33)30-26(36)37-27(2,3)4)23(17-10-12-19(32)13-11-17)24(34)29-18-8-6-5-7-9-18/h10-13,16,18,20-21,23,32H,5-9,14-15H2,1-4H3,(H2,28,33)(H,29,34)(H,30,36). The molecule has 4 unspecified atom stereocenters. The van der Waals surface area contributed by atoms with Crippen molar-refractivity contribution in [1.29, 1.82) is 0 Å². The number of carbonyl (C=O) groups is 4. The summed E-state index contributed by atoms with van der Waals surface area (Å²) in [6.07, 6.45) is 4.29. The molecule has 0 heterocycles. The average Bonchev–Trinajstić information content (AvgIpc) is 3.52. The molecule has 10 nitrogen and oxygen atoms in total. The molecule has 3 rings (SSSR count). The van der Waals surface area contributed by atoms with Crippen LogP contribution in [0.4, 0.5) is 4.79 Å². The monoisotopic (exact) mass is 516 g/mol. The van der Waals surface area contributed by atoms with Crippen molar-refractivity contribution in [3.05, 3.63) is 29.8 Å². The lowest BCUT2D eigenvalue weighted by Gasteiger charge is -2.36. The van der Waals surface area contributed by atoms with Gasteiger partial charge in [0.25, 0.3) is 0 Å². The number of carbonyl (C=O) groups excluding carboxylic acids is 4. The number of aromatic hydroxyl groups is 1. The summed E-state index contributed by atoms with van der Waals surface area (Å²) in [6.45, 7) is 7.03. The molecule has 2 aliphatic carbocycles. The van der Waals surface area contributed by atoms with Crippen LogP contribution in [-0.2, 0) is 19.1 Å². The Morgan fingerprint density at radius 1 is 1.11 bits per heavy atom. The summed E-state index contributed by atoms with van der Waals surface area (Å²) in [6, 6.07) is 3.58. The number of benzene rings is 1. The van der Waals surface area contributed by atoms with Crippen LogP contribution in [-0.4, -0.2) is 57.5 Å². The molecule has 0 aromatic heterocycles. The number of ether oxygens (including phenoxy) is 1. The van der Waals surface area contributed by atoms with Crippen molar-refractivity contribution in [3.63, 3.8) is 0 Å². The largest absolute Gasteiger partial charge is 0.508 e. The lowest BCUT2D eigenvalue weighted by atomic mass is 9.94. The van der Waals surface area contributed by atoms with E-state index >= 15 is 0 Å². The van der Waals surface area contributed by atoms with Crippen LogP contribution < -0.4 is 16.4 Å². The number of phenols is 1. The van der Waals surface area contributed by atoms with Gasteiger partial charge in [-0.05, 0) is 63.6 Å². The lowest BCUT2D eigenvalue weighted by Crippen LogP contribution is -2.55. The SMILES string of the molecule is CC1CC1N(C(=O)C(CC(N)=O)NC(=O)OC(C)(C)C)C(C(=O)NC1CCCCC1)c1ccc(O)cc1. The zero-order valence-electron chi connectivity index (χ0n) is 22.2. The van der Waals surface area contributed by atoms with Crippen molar-refractivity contribution in [2.75, 3.05) is 0 Å². The number of rotatable bonds is 9. The summed E-state index contributed by atoms with van der Waals surface area (Å²) in [7, 11) is 0. The van der Waals surface area contributed by atoms with Gasteiger partial charge in [0.15, 0.2) is 0 Å². The first-order valence-corrected chi connectivity index (χ1v) is 13.0. The van der Waals surface area contributed by atoms with Crippen LogP contribution in [0.25, 0.3) is 0 Å². The highest BCUT2D eigenvalue weighted by Gasteiger charge is 2.48. The fourth-order valence-corrected chi connectivity index (χ4v) is 4.83. The Morgan fingerprint density at radius 3 is 2.22 bits per heavy atom. The number of hydrogen-bond acceptors (Lipinski definition) is 6. The van der Waals surface area contributed by atoms with E-state index in [4.69, 9.17) is 10.5 Å². The van der Waals surface area contributed by atoms with Crippen molar-refractivity contribution in [3.8, 4) is 5.75 Å². The fraction of sp³-hybridized carbons (Fsp3) is 0.630. The normalized spacial score (nSPS) is 21.3. The number of alkyl carbamates (subject to hydrolysis) is 1. The van der Waals surface area contributed by atoms with Gasteiger partial charge in [0.1, 0.15) is 23.4 Å². The average molecular weight is 517 g/mol. The second-order valence-electron chi connectivity index (χ2n) is 11.2. The van der Waals surface area contributed by atoms with Gasteiger partial charge in [-0.1, -0.05) is 38.3 Å². The van der Waals surface area contributed by atoms with Gasteiger partial charge < -0.3 is 31.1 Å². The second kappa shape index (κ2) is 11.8. The van der Waals surface area contributed by atoms with Crippen LogP contribution in [0.3, 0.4) is 0 Å². The van der Waals surface area contributed by atoms with Gasteiger partial charge in [0.05, 0.1) is 6.42 Å². The zero-order valence-corrected chi connectivity index (χ0v) is 22.2. The molecule has 0 radical (unpaired) electrons. The molecule has 5 N–H and O–H groups in total. The summed E-state index contributed by atoms with van der Waals surface area (Å²) < 4.78 is 5.30. The molecule has 0 spiro atoms. The molecule has 4 atom stereocenters. The zero-order chi connectivity index (χ0) is 27.3. The highest BCUT2D eigenvalue weighted by atomic mass is 16.6. The number of amides is 4. The molecule has 4 amide bonds. The quantitative estimate of drug-likeness (QED) is 0.396. The minimum absolute atomic E-state index is 0.00995. The Hall–Kier alpha value is -3.30. The lowest BCUT2D eigenvalue weighted by molar-refractivity contribution is -0.144. The van der Waals surface area contributed by atoms with Crippen LogP contribution in [0.5, 0.6) is 5.75 Å². The maximum atomic E-state index is 14.0. The molecule has 0 saturated heterocycles. The highest BCUT2D eigenvalue weighted by molar-refractivity contribution is 5.95. The van der Waals surface area contributed by atoms with Crippen molar-refractivity contribution >= 4 is 23.8 Å². The molecular weight excluding hydrogens is 476 g/mol. The maximum Gasteiger partial charge on any atom is 0.408 e. The van der Waals surface area contributed by atoms with Gasteiger partial charge >= 0.3 is 6.09 Å². The van der Waals surface area contributed by atoms with Gasteiger partial charge in [-0.3, -0.25) is 14.4 Å². The van der Waals surface area contributed by atoms with E-state index in [1.54, 1.807) is 32.9 Å². The number of nitrogens with one attached hydrogen (secondary N) is 2. The van der Waals surface area contributed by atoms with E-state index in [2.05, 4.69) is 10.6 Å². The van der Waals surface area contributed by atoms with Gasteiger partial charge in [-0.2, -0.15) is 0 Å². The van der Waals surface area contributed by atoms with Crippen molar-refractivity contribution in [2.24, 2.45) is 11.7 Å². The first-order valence-electron chi connectivity index (χ1n) is 13.0. The Balaban J connectivity index is 1.96. The Kier molecular flexibility index (Phi) is 9.04. The molecule has 0 aliphatic heterocycles. The van der Waals surface area contributed by atoms with E-state index in [1.807, 2.05) is 6.92 Å². The highest BCUT2D eigenvalue weighted by Crippen LogP contribution is 2.41. The Bertz CT molecular complexity index is 984. The fourth-order valence-electron chi connectivity index (χ4n) is 4.83. The molecule has 1 aromatic carbocycles. The maximum absolute atomic E-state index is 14.0. The molecule has 37 heavy (non-hydrogen) atoms. The minimum atomic E-state index is -1.30. The van der Waals surface area contributed by atoms with Gasteiger partial charge in [0.2, 0.25) is 17.7 Å². The van der Waals surface area contributed by atoms with E-state index in [1.165, 1.54) is 17.0 Å². The molecule has 0 bridgehead atoms. The predicted octanol–water partition coefficient (Wildman–Crippen LogP) is 2.89. The van der Waals surface area contributed by atoms with Crippen molar-refractivity contribution in [1.82, 2.24) is 15.5 Å². The molecule has 2 fully saturated rings. The molecular formula is C27H40N4O6. The Labute approximate surface area is 218 Å². The van der Waals surface area contributed by atoms with E-state index < -0.39 is 42.0 Å². The summed E-state index contributed by atoms with van der Waals surface area (Å²) in [4.78, 5) is 53.7. The van der Waals surface area contributed by atoms with E-state index in [0.717, 1.165) is 32.1 Å². The van der Waals surface area contributed by atoms with Gasteiger partial charge in [-0.25, -0.2) is 4.79 Å². The number of hydrogen-bond donors (Lipinski definition) is 4. The third-order valence-electron chi connectivity index (χ3n) is 6.76. The van der Waals surface area contributed by atoms with Gasteiger partial charge in [0, 0.05) is 12.1 Å². The first kappa shape index (κ1) is 28.3. The number of phenolic OH excluding ortho intramolecular Hbond substituents is 1. The van der Waals surface area contributed by atoms with E-state index in [-0.39, 0.29) is 29.7 Å².